The van der Waals surface area contributed by atoms with Crippen LogP contribution in [0.5, 0.6) is 0 Å². The monoisotopic (exact) mass is 322 g/mol. The van der Waals surface area contributed by atoms with E-state index >= 15 is 0 Å². The predicted octanol–water partition coefficient (Wildman–Crippen LogP) is 4.66. The van der Waals surface area contributed by atoms with Crippen LogP contribution in [0.15, 0.2) is 42.5 Å². The Hall–Kier alpha value is -1.58. The van der Waals surface area contributed by atoms with Crippen LogP contribution in [0.4, 0.5) is 4.39 Å². The second-order valence-corrected chi connectivity index (χ2v) is 5.63. The van der Waals surface area contributed by atoms with Gasteiger partial charge in [0.2, 0.25) is 0 Å². The Kier molecular flexibility index (Phi) is 4.13. The summed E-state index contributed by atoms with van der Waals surface area (Å²) >= 11 is 11.9. The molecule has 3 aromatic rings. The van der Waals surface area contributed by atoms with Crippen LogP contribution in [0.3, 0.4) is 0 Å². The lowest BCUT2D eigenvalue weighted by Gasteiger charge is -2.09. The second kappa shape index (κ2) is 6.04. The molecule has 108 valence electrons. The Balaban J connectivity index is 2.07. The second-order valence-electron chi connectivity index (χ2n) is 4.81. The van der Waals surface area contributed by atoms with Crippen LogP contribution in [0.1, 0.15) is 11.4 Å². The molecule has 0 aliphatic rings. The summed E-state index contributed by atoms with van der Waals surface area (Å²) in [7, 11) is 0. The molecule has 2 aromatic carbocycles. The number of benzene rings is 2. The molecule has 0 spiro atoms. The summed E-state index contributed by atoms with van der Waals surface area (Å²) in [4.78, 5) is 4.60. The highest BCUT2D eigenvalue weighted by molar-refractivity contribution is 6.31. The molecular weight excluding hydrogens is 310 g/mol. The standard InChI is InChI=1S/C16H13Cl2FN2/c17-8-7-16-20-14-6-3-12(18)9-15(14)21(16)10-11-1-4-13(19)5-2-11/h1-6,9H,7-8,10H2. The van der Waals surface area contributed by atoms with Gasteiger partial charge in [0.25, 0.3) is 0 Å². The fourth-order valence-electron chi connectivity index (χ4n) is 2.37. The van der Waals surface area contributed by atoms with Gasteiger partial charge in [0.05, 0.1) is 11.0 Å². The van der Waals surface area contributed by atoms with E-state index in [1.165, 1.54) is 12.1 Å². The zero-order valence-electron chi connectivity index (χ0n) is 11.2. The largest absolute Gasteiger partial charge is 0.323 e. The molecule has 21 heavy (non-hydrogen) atoms. The van der Waals surface area contributed by atoms with E-state index in [0.29, 0.717) is 23.9 Å². The number of imidazole rings is 1. The van der Waals surface area contributed by atoms with Gasteiger partial charge < -0.3 is 4.57 Å². The fourth-order valence-corrected chi connectivity index (χ4v) is 2.71. The first-order chi connectivity index (χ1) is 10.2. The molecule has 0 aliphatic heterocycles. The third-order valence-electron chi connectivity index (χ3n) is 3.36. The van der Waals surface area contributed by atoms with Crippen molar-refractivity contribution in [3.05, 3.63) is 64.7 Å². The van der Waals surface area contributed by atoms with E-state index in [1.807, 2.05) is 18.2 Å². The lowest BCUT2D eigenvalue weighted by atomic mass is 10.2. The Morgan fingerprint density at radius 2 is 1.86 bits per heavy atom. The first kappa shape index (κ1) is 14.4. The van der Waals surface area contributed by atoms with E-state index < -0.39 is 0 Å². The Morgan fingerprint density at radius 1 is 1.10 bits per heavy atom. The van der Waals surface area contributed by atoms with Crippen LogP contribution in [-0.2, 0) is 13.0 Å². The average molecular weight is 323 g/mol. The molecule has 0 amide bonds. The summed E-state index contributed by atoms with van der Waals surface area (Å²) in [5.74, 6) is 1.17. The van der Waals surface area contributed by atoms with Crippen molar-refractivity contribution in [2.75, 3.05) is 5.88 Å². The number of alkyl halides is 1. The molecule has 0 fully saturated rings. The number of aryl methyl sites for hydroxylation is 1. The van der Waals surface area contributed by atoms with Gasteiger partial charge in [0.1, 0.15) is 11.6 Å². The number of halogens is 3. The van der Waals surface area contributed by atoms with Gasteiger partial charge in [-0.25, -0.2) is 9.37 Å². The first-order valence-electron chi connectivity index (χ1n) is 6.62. The van der Waals surface area contributed by atoms with E-state index in [-0.39, 0.29) is 5.82 Å². The van der Waals surface area contributed by atoms with E-state index in [9.17, 15) is 4.39 Å². The van der Waals surface area contributed by atoms with E-state index in [0.717, 1.165) is 22.4 Å². The average Bonchev–Trinajstić information content (AvgIpc) is 2.79. The maximum atomic E-state index is 13.0. The Morgan fingerprint density at radius 3 is 2.57 bits per heavy atom. The number of fused-ring (bicyclic) bond motifs is 1. The number of hydrogen-bond donors (Lipinski definition) is 0. The highest BCUT2D eigenvalue weighted by Crippen LogP contribution is 2.22. The minimum absolute atomic E-state index is 0.238. The van der Waals surface area contributed by atoms with Crippen LogP contribution >= 0.6 is 23.2 Å². The zero-order valence-corrected chi connectivity index (χ0v) is 12.7. The lowest BCUT2D eigenvalue weighted by Crippen LogP contribution is -2.06. The minimum Gasteiger partial charge on any atom is -0.323 e. The first-order valence-corrected chi connectivity index (χ1v) is 7.53. The summed E-state index contributed by atoms with van der Waals surface area (Å²) < 4.78 is 15.1. The molecule has 0 bridgehead atoms. The van der Waals surface area contributed by atoms with Gasteiger partial charge in [-0.05, 0) is 35.9 Å². The topological polar surface area (TPSA) is 17.8 Å². The van der Waals surface area contributed by atoms with E-state index in [1.54, 1.807) is 12.1 Å². The summed E-state index contributed by atoms with van der Waals surface area (Å²) in [5.41, 5.74) is 2.86. The molecule has 1 aromatic heterocycles. The molecule has 0 unspecified atom stereocenters. The number of aromatic nitrogens is 2. The number of rotatable bonds is 4. The van der Waals surface area contributed by atoms with Crippen molar-refractivity contribution in [2.24, 2.45) is 0 Å². The third-order valence-corrected chi connectivity index (χ3v) is 3.79. The Labute approximate surface area is 132 Å². The normalized spacial score (nSPS) is 11.2. The molecule has 0 saturated carbocycles. The van der Waals surface area contributed by atoms with Crippen molar-refractivity contribution in [3.63, 3.8) is 0 Å². The van der Waals surface area contributed by atoms with Crippen molar-refractivity contribution in [2.45, 2.75) is 13.0 Å². The van der Waals surface area contributed by atoms with Gasteiger partial charge >= 0.3 is 0 Å². The van der Waals surface area contributed by atoms with Gasteiger partial charge in [-0.15, -0.1) is 11.6 Å². The number of nitrogens with zero attached hydrogens (tertiary/aromatic N) is 2. The molecule has 2 nitrogen and oxygen atoms in total. The maximum absolute atomic E-state index is 13.0. The van der Waals surface area contributed by atoms with Gasteiger partial charge in [-0.1, -0.05) is 23.7 Å². The molecule has 5 heteroatoms. The summed E-state index contributed by atoms with van der Waals surface area (Å²) in [6, 6.07) is 12.1. The number of hydrogen-bond acceptors (Lipinski definition) is 1. The van der Waals surface area contributed by atoms with Crippen molar-refractivity contribution in [1.29, 1.82) is 0 Å². The van der Waals surface area contributed by atoms with Gasteiger partial charge in [0, 0.05) is 23.9 Å². The molecule has 1 heterocycles. The van der Waals surface area contributed by atoms with Crippen molar-refractivity contribution >= 4 is 34.2 Å². The van der Waals surface area contributed by atoms with Crippen LogP contribution in [0.25, 0.3) is 11.0 Å². The SMILES string of the molecule is Fc1ccc(Cn2c(CCCl)nc3ccc(Cl)cc32)cc1. The smallest absolute Gasteiger partial charge is 0.123 e. The molecule has 0 N–H and O–H groups in total. The fraction of sp³-hybridized carbons (Fsp3) is 0.188. The lowest BCUT2D eigenvalue weighted by molar-refractivity contribution is 0.626. The summed E-state index contributed by atoms with van der Waals surface area (Å²) in [6.07, 6.45) is 0.676. The van der Waals surface area contributed by atoms with Crippen LogP contribution < -0.4 is 0 Å². The molecule has 0 radical (unpaired) electrons. The van der Waals surface area contributed by atoms with Crippen LogP contribution in [0.2, 0.25) is 5.02 Å². The van der Waals surface area contributed by atoms with Crippen molar-refractivity contribution in [3.8, 4) is 0 Å². The highest BCUT2D eigenvalue weighted by atomic mass is 35.5. The maximum Gasteiger partial charge on any atom is 0.123 e. The van der Waals surface area contributed by atoms with Gasteiger partial charge in [-0.3, -0.25) is 0 Å². The highest BCUT2D eigenvalue weighted by Gasteiger charge is 2.11. The van der Waals surface area contributed by atoms with Crippen molar-refractivity contribution in [1.82, 2.24) is 9.55 Å². The predicted molar refractivity (Wildman–Crippen MR) is 84.7 cm³/mol. The van der Waals surface area contributed by atoms with E-state index in [2.05, 4.69) is 9.55 Å². The summed E-state index contributed by atoms with van der Waals surface area (Å²) in [6.45, 7) is 0.614. The van der Waals surface area contributed by atoms with Crippen molar-refractivity contribution < 1.29 is 4.39 Å². The Bertz CT molecular complexity index is 766. The molecular formula is C16H13Cl2FN2. The molecule has 0 aliphatic carbocycles. The van der Waals surface area contributed by atoms with Gasteiger partial charge in [0.15, 0.2) is 0 Å². The molecule has 0 atom stereocenters. The molecule has 3 rings (SSSR count). The quantitative estimate of drug-likeness (QED) is 0.639. The van der Waals surface area contributed by atoms with Crippen LogP contribution in [-0.4, -0.2) is 15.4 Å². The summed E-state index contributed by atoms with van der Waals surface area (Å²) in [5, 5.41) is 0.667. The minimum atomic E-state index is -0.238. The zero-order chi connectivity index (χ0) is 14.8. The third kappa shape index (κ3) is 3.04. The molecule has 0 saturated heterocycles. The van der Waals surface area contributed by atoms with Crippen LogP contribution in [0, 0.1) is 5.82 Å². The van der Waals surface area contributed by atoms with Gasteiger partial charge in [-0.2, -0.15) is 0 Å². The van der Waals surface area contributed by atoms with E-state index in [4.69, 9.17) is 23.2 Å².